The Morgan fingerprint density at radius 1 is 1.13 bits per heavy atom. The zero-order valence-corrected chi connectivity index (χ0v) is 14.8. The van der Waals surface area contributed by atoms with Gasteiger partial charge in [-0.2, -0.15) is 0 Å². The molecule has 1 N–H and O–H groups in total. The smallest absolute Gasteiger partial charge is 0.320 e. The monoisotopic (exact) mass is 318 g/mol. The summed E-state index contributed by atoms with van der Waals surface area (Å²) in [5.74, 6) is 1.29. The quantitative estimate of drug-likeness (QED) is 0.812. The molecule has 23 heavy (non-hydrogen) atoms. The largest absolute Gasteiger partial charge is 0.471 e. The van der Waals surface area contributed by atoms with Crippen molar-refractivity contribution in [3.8, 4) is 5.75 Å². The fourth-order valence-electron chi connectivity index (χ4n) is 3.07. The minimum atomic E-state index is -0.349. The Bertz CT molecular complexity index is 493. The van der Waals surface area contributed by atoms with Gasteiger partial charge in [-0.1, -0.05) is 45.2 Å². The summed E-state index contributed by atoms with van der Waals surface area (Å²) < 4.78 is 5.80. The normalized spacial score (nSPS) is 16.9. The molecule has 1 aromatic carbocycles. The Hall–Kier alpha value is -1.71. The van der Waals surface area contributed by atoms with E-state index in [0.717, 1.165) is 18.6 Å². The third kappa shape index (κ3) is 5.15. The lowest BCUT2D eigenvalue weighted by Crippen LogP contribution is -2.48. The highest BCUT2D eigenvalue weighted by atomic mass is 16.5. The lowest BCUT2D eigenvalue weighted by atomic mass is 9.95. The number of amides is 2. The first-order valence-electron chi connectivity index (χ1n) is 8.77. The van der Waals surface area contributed by atoms with Gasteiger partial charge in [0.1, 0.15) is 5.75 Å². The van der Waals surface area contributed by atoms with E-state index in [0.29, 0.717) is 12.0 Å². The van der Waals surface area contributed by atoms with Crippen molar-refractivity contribution in [2.75, 3.05) is 7.05 Å². The Balaban J connectivity index is 1.83. The molecule has 4 nitrogen and oxygen atoms in total. The molecular weight excluding hydrogens is 288 g/mol. The molecule has 1 aliphatic carbocycles. The first kappa shape index (κ1) is 17.6. The molecule has 0 aromatic heterocycles. The summed E-state index contributed by atoms with van der Waals surface area (Å²) in [5, 5.41) is 2.93. The molecular formula is C19H30N2O2. The molecule has 0 saturated heterocycles. The van der Waals surface area contributed by atoms with E-state index in [1.165, 1.54) is 24.8 Å². The SMILES string of the molecule is CC(NC(=O)N(C)C1CCCCC1)Oc1ccc(C(C)C)cc1. The van der Waals surface area contributed by atoms with Crippen LogP contribution in [0.15, 0.2) is 24.3 Å². The van der Waals surface area contributed by atoms with Gasteiger partial charge in [-0.15, -0.1) is 0 Å². The number of nitrogens with zero attached hydrogens (tertiary/aromatic N) is 1. The minimum Gasteiger partial charge on any atom is -0.471 e. The predicted molar refractivity (Wildman–Crippen MR) is 93.8 cm³/mol. The highest BCUT2D eigenvalue weighted by molar-refractivity contribution is 5.74. The molecule has 0 aliphatic heterocycles. The molecule has 0 spiro atoms. The molecule has 1 aliphatic rings. The van der Waals surface area contributed by atoms with Gasteiger partial charge < -0.3 is 15.0 Å². The van der Waals surface area contributed by atoms with Crippen LogP contribution in [0.1, 0.15) is 64.4 Å². The number of urea groups is 1. The topological polar surface area (TPSA) is 41.6 Å². The van der Waals surface area contributed by atoms with Gasteiger partial charge in [0, 0.05) is 13.1 Å². The molecule has 0 heterocycles. The minimum absolute atomic E-state index is 0.0526. The Morgan fingerprint density at radius 3 is 2.30 bits per heavy atom. The summed E-state index contributed by atoms with van der Waals surface area (Å²) in [6.45, 7) is 6.20. The molecule has 0 radical (unpaired) electrons. The lowest BCUT2D eigenvalue weighted by Gasteiger charge is -2.32. The van der Waals surface area contributed by atoms with Crippen LogP contribution in [-0.4, -0.2) is 30.2 Å². The number of carbonyl (C=O) groups excluding carboxylic acids is 1. The second-order valence-electron chi connectivity index (χ2n) is 6.84. The second-order valence-corrected chi connectivity index (χ2v) is 6.84. The molecule has 2 amide bonds. The van der Waals surface area contributed by atoms with Crippen molar-refractivity contribution < 1.29 is 9.53 Å². The summed E-state index contributed by atoms with van der Waals surface area (Å²) in [7, 11) is 1.88. The average Bonchev–Trinajstić information content (AvgIpc) is 2.55. The molecule has 1 atom stereocenters. The zero-order chi connectivity index (χ0) is 16.8. The van der Waals surface area contributed by atoms with E-state index < -0.39 is 0 Å². The number of benzene rings is 1. The van der Waals surface area contributed by atoms with E-state index in [2.05, 4.69) is 31.3 Å². The van der Waals surface area contributed by atoms with E-state index in [1.807, 2.05) is 31.0 Å². The number of hydrogen-bond donors (Lipinski definition) is 1. The molecule has 4 heteroatoms. The average molecular weight is 318 g/mol. The third-order valence-corrected chi connectivity index (χ3v) is 4.63. The van der Waals surface area contributed by atoms with Crippen molar-refractivity contribution in [1.29, 1.82) is 0 Å². The second kappa shape index (κ2) is 8.23. The summed E-state index contributed by atoms with van der Waals surface area (Å²) in [5.41, 5.74) is 1.28. The van der Waals surface area contributed by atoms with Gasteiger partial charge in [-0.25, -0.2) is 4.79 Å². The lowest BCUT2D eigenvalue weighted by molar-refractivity contribution is 0.140. The van der Waals surface area contributed by atoms with E-state index >= 15 is 0 Å². The van der Waals surface area contributed by atoms with Gasteiger partial charge in [-0.05, 0) is 43.4 Å². The van der Waals surface area contributed by atoms with Crippen LogP contribution in [0.25, 0.3) is 0 Å². The number of nitrogens with one attached hydrogen (secondary N) is 1. The van der Waals surface area contributed by atoms with Gasteiger partial charge in [0.2, 0.25) is 0 Å². The number of rotatable bonds is 5. The first-order valence-corrected chi connectivity index (χ1v) is 8.77. The van der Waals surface area contributed by atoms with Crippen LogP contribution in [0.2, 0.25) is 0 Å². The van der Waals surface area contributed by atoms with Crippen LogP contribution in [0.3, 0.4) is 0 Å². The predicted octanol–water partition coefficient (Wildman–Crippen LogP) is 4.51. The van der Waals surface area contributed by atoms with Crippen molar-refractivity contribution in [2.24, 2.45) is 0 Å². The van der Waals surface area contributed by atoms with Crippen molar-refractivity contribution >= 4 is 6.03 Å². The van der Waals surface area contributed by atoms with E-state index in [9.17, 15) is 4.79 Å². The summed E-state index contributed by atoms with van der Waals surface area (Å²) >= 11 is 0. The van der Waals surface area contributed by atoms with Crippen molar-refractivity contribution in [3.63, 3.8) is 0 Å². The molecule has 1 unspecified atom stereocenters. The Labute approximate surface area is 140 Å². The first-order chi connectivity index (χ1) is 11.0. The fraction of sp³-hybridized carbons (Fsp3) is 0.632. The molecule has 128 valence electrons. The molecule has 1 fully saturated rings. The molecule has 1 aromatic rings. The molecule has 0 bridgehead atoms. The highest BCUT2D eigenvalue weighted by Gasteiger charge is 2.23. The van der Waals surface area contributed by atoms with Gasteiger partial charge in [0.15, 0.2) is 6.23 Å². The van der Waals surface area contributed by atoms with Crippen LogP contribution in [-0.2, 0) is 0 Å². The Morgan fingerprint density at radius 2 is 1.74 bits per heavy atom. The van der Waals surface area contributed by atoms with Crippen LogP contribution < -0.4 is 10.1 Å². The van der Waals surface area contributed by atoms with Gasteiger partial charge in [0.05, 0.1) is 0 Å². The highest BCUT2D eigenvalue weighted by Crippen LogP contribution is 2.22. The van der Waals surface area contributed by atoms with Crippen LogP contribution in [0.5, 0.6) is 5.75 Å². The maximum absolute atomic E-state index is 12.3. The fourth-order valence-corrected chi connectivity index (χ4v) is 3.07. The van der Waals surface area contributed by atoms with Crippen molar-refractivity contribution in [3.05, 3.63) is 29.8 Å². The third-order valence-electron chi connectivity index (χ3n) is 4.63. The summed E-state index contributed by atoms with van der Waals surface area (Å²) in [6.07, 6.45) is 5.59. The maximum Gasteiger partial charge on any atom is 0.320 e. The van der Waals surface area contributed by atoms with Crippen LogP contribution in [0, 0.1) is 0 Å². The number of ether oxygens (including phenoxy) is 1. The van der Waals surface area contributed by atoms with Gasteiger partial charge in [0.25, 0.3) is 0 Å². The summed E-state index contributed by atoms with van der Waals surface area (Å²) in [4.78, 5) is 14.2. The van der Waals surface area contributed by atoms with Gasteiger partial charge >= 0.3 is 6.03 Å². The van der Waals surface area contributed by atoms with Crippen LogP contribution >= 0.6 is 0 Å². The molecule has 1 saturated carbocycles. The zero-order valence-electron chi connectivity index (χ0n) is 14.8. The standard InChI is InChI=1S/C19H30N2O2/c1-14(2)16-10-12-18(13-11-16)23-15(3)20-19(22)21(4)17-8-6-5-7-9-17/h10-15,17H,5-9H2,1-4H3,(H,20,22). The summed E-state index contributed by atoms with van der Waals surface area (Å²) in [6, 6.07) is 8.38. The molecule has 2 rings (SSSR count). The van der Waals surface area contributed by atoms with Crippen molar-refractivity contribution in [2.45, 2.75) is 71.1 Å². The van der Waals surface area contributed by atoms with E-state index in [1.54, 1.807) is 0 Å². The van der Waals surface area contributed by atoms with Gasteiger partial charge in [-0.3, -0.25) is 0 Å². The van der Waals surface area contributed by atoms with Crippen LogP contribution in [0.4, 0.5) is 4.79 Å². The number of carbonyl (C=O) groups is 1. The van der Waals surface area contributed by atoms with Crippen molar-refractivity contribution in [1.82, 2.24) is 10.2 Å². The maximum atomic E-state index is 12.3. The van der Waals surface area contributed by atoms with E-state index in [4.69, 9.17) is 4.74 Å². The number of hydrogen-bond acceptors (Lipinski definition) is 2. The van der Waals surface area contributed by atoms with E-state index in [-0.39, 0.29) is 12.3 Å². The Kier molecular flexibility index (Phi) is 6.31.